The molecule has 20 heavy (non-hydrogen) atoms. The van der Waals surface area contributed by atoms with Gasteiger partial charge in [0, 0.05) is 24.5 Å². The minimum atomic E-state index is -0.226. The minimum absolute atomic E-state index is 0.0181. The Morgan fingerprint density at radius 3 is 2.90 bits per heavy atom. The molecule has 108 valence electrons. The molecule has 1 N–H and O–H groups in total. The van der Waals surface area contributed by atoms with Gasteiger partial charge in [-0.25, -0.2) is 4.98 Å². The van der Waals surface area contributed by atoms with Crippen molar-refractivity contribution in [3.05, 3.63) is 29.0 Å². The third kappa shape index (κ3) is 3.25. The highest BCUT2D eigenvalue weighted by Crippen LogP contribution is 2.26. The normalized spacial score (nSPS) is 12.6. The predicted octanol–water partition coefficient (Wildman–Crippen LogP) is 3.52. The van der Waals surface area contributed by atoms with Gasteiger partial charge in [0.25, 0.3) is 0 Å². The van der Waals surface area contributed by atoms with Crippen LogP contribution in [0.2, 0.25) is 5.02 Å². The van der Waals surface area contributed by atoms with E-state index in [1.165, 1.54) is 0 Å². The molecule has 0 saturated heterocycles. The summed E-state index contributed by atoms with van der Waals surface area (Å²) in [5.74, 6) is 0.776. The molecule has 2 aromatic rings. The first-order valence-corrected chi connectivity index (χ1v) is 7.40. The van der Waals surface area contributed by atoms with E-state index in [1.54, 1.807) is 6.07 Å². The van der Waals surface area contributed by atoms with Gasteiger partial charge in [0.15, 0.2) is 0 Å². The molecule has 1 heterocycles. The number of hydrogen-bond acceptors (Lipinski definition) is 2. The molecule has 0 aliphatic rings. The molecule has 0 bridgehead atoms. The summed E-state index contributed by atoms with van der Waals surface area (Å²) in [6.07, 6.45) is 0.391. The maximum atomic E-state index is 11.6. The second-order valence-corrected chi connectivity index (χ2v) is 5.67. The van der Waals surface area contributed by atoms with Crippen molar-refractivity contribution in [1.82, 2.24) is 14.9 Å². The monoisotopic (exact) mass is 313 g/mol. The summed E-state index contributed by atoms with van der Waals surface area (Å²) in [5, 5.41) is 3.20. The van der Waals surface area contributed by atoms with Gasteiger partial charge < -0.3 is 9.88 Å². The number of carbonyl (C=O) groups excluding carboxylic acids is 1. The van der Waals surface area contributed by atoms with Crippen LogP contribution >= 0.6 is 23.2 Å². The molecule has 1 aromatic carbocycles. The van der Waals surface area contributed by atoms with Crippen LogP contribution in [0.1, 0.15) is 31.5 Å². The van der Waals surface area contributed by atoms with Gasteiger partial charge in [-0.1, -0.05) is 11.6 Å². The van der Waals surface area contributed by atoms with Crippen LogP contribution in [0.4, 0.5) is 0 Å². The number of alkyl halides is 1. The molecular weight excluding hydrogens is 297 g/mol. The van der Waals surface area contributed by atoms with Crippen molar-refractivity contribution in [2.24, 2.45) is 0 Å². The first-order chi connectivity index (χ1) is 9.52. The van der Waals surface area contributed by atoms with Crippen LogP contribution in [-0.4, -0.2) is 22.0 Å². The molecule has 0 radical (unpaired) electrons. The number of halogens is 2. The highest BCUT2D eigenvalue weighted by Gasteiger charge is 2.15. The lowest BCUT2D eigenvalue weighted by Gasteiger charge is -2.10. The third-order valence-corrected chi connectivity index (χ3v) is 3.46. The highest BCUT2D eigenvalue weighted by atomic mass is 35.5. The molecule has 0 spiro atoms. The van der Waals surface area contributed by atoms with E-state index in [4.69, 9.17) is 23.2 Å². The molecule has 1 amide bonds. The van der Waals surface area contributed by atoms with Crippen LogP contribution in [0.15, 0.2) is 18.2 Å². The smallest absolute Gasteiger partial charge is 0.221 e. The summed E-state index contributed by atoms with van der Waals surface area (Å²) in [5.41, 5.74) is 1.75. The molecular formula is C14H17Cl2N3O. The Morgan fingerprint density at radius 2 is 2.25 bits per heavy atom. The van der Waals surface area contributed by atoms with Gasteiger partial charge in [-0.3, -0.25) is 4.79 Å². The second-order valence-electron chi connectivity index (χ2n) is 4.57. The van der Waals surface area contributed by atoms with Crippen molar-refractivity contribution in [3.8, 4) is 0 Å². The Bertz CT molecular complexity index is 622. The number of hydrogen-bond donors (Lipinski definition) is 1. The Hall–Kier alpha value is -1.26. The number of benzene rings is 1. The van der Waals surface area contributed by atoms with Crippen LogP contribution < -0.4 is 5.32 Å². The summed E-state index contributed by atoms with van der Waals surface area (Å²) >= 11 is 12.2. The molecule has 1 aromatic heterocycles. The quantitative estimate of drug-likeness (QED) is 0.859. The lowest BCUT2D eigenvalue weighted by Crippen LogP contribution is -2.24. The third-order valence-electron chi connectivity index (χ3n) is 3.03. The molecule has 4 nitrogen and oxygen atoms in total. The van der Waals surface area contributed by atoms with E-state index in [0.29, 0.717) is 24.5 Å². The fourth-order valence-electron chi connectivity index (χ4n) is 2.15. The number of carbonyl (C=O) groups is 1. The van der Waals surface area contributed by atoms with Crippen LogP contribution in [-0.2, 0) is 11.3 Å². The number of aryl methyl sites for hydroxylation is 1. The molecule has 0 fully saturated rings. The number of rotatable bonds is 5. The Labute approximate surface area is 128 Å². The SMILES string of the molecule is CCNC(=O)CCn1c(C(C)Cl)nc2ccc(Cl)cc21. The van der Waals surface area contributed by atoms with E-state index in [1.807, 2.05) is 30.5 Å². The zero-order valence-corrected chi connectivity index (χ0v) is 13.0. The second kappa shape index (κ2) is 6.46. The number of nitrogens with zero attached hydrogens (tertiary/aromatic N) is 2. The number of nitrogens with one attached hydrogen (secondary N) is 1. The van der Waals surface area contributed by atoms with Crippen molar-refractivity contribution in [2.75, 3.05) is 6.54 Å². The Morgan fingerprint density at radius 1 is 1.50 bits per heavy atom. The fraction of sp³-hybridized carbons (Fsp3) is 0.429. The maximum absolute atomic E-state index is 11.6. The van der Waals surface area contributed by atoms with Gasteiger partial charge >= 0.3 is 0 Å². The molecule has 1 unspecified atom stereocenters. The number of aromatic nitrogens is 2. The standard InChI is InChI=1S/C14H17Cl2N3O/c1-3-17-13(20)6-7-19-12-8-10(16)4-5-11(12)18-14(19)9(2)15/h4-5,8-9H,3,6-7H2,1-2H3,(H,17,20). The number of fused-ring (bicyclic) bond motifs is 1. The largest absolute Gasteiger partial charge is 0.356 e. The molecule has 0 aliphatic heterocycles. The zero-order chi connectivity index (χ0) is 14.7. The fourth-order valence-corrected chi connectivity index (χ4v) is 2.49. The topological polar surface area (TPSA) is 46.9 Å². The first-order valence-electron chi connectivity index (χ1n) is 6.59. The van der Waals surface area contributed by atoms with Crippen molar-refractivity contribution in [1.29, 1.82) is 0 Å². The van der Waals surface area contributed by atoms with Crippen LogP contribution in [0.3, 0.4) is 0 Å². The van der Waals surface area contributed by atoms with E-state index >= 15 is 0 Å². The minimum Gasteiger partial charge on any atom is -0.356 e. The summed E-state index contributed by atoms with van der Waals surface area (Å²) in [6, 6.07) is 5.52. The van der Waals surface area contributed by atoms with Gasteiger partial charge in [0.2, 0.25) is 5.91 Å². The van der Waals surface area contributed by atoms with Crippen molar-refractivity contribution in [3.63, 3.8) is 0 Å². The molecule has 1 atom stereocenters. The number of amides is 1. The van der Waals surface area contributed by atoms with Crippen molar-refractivity contribution >= 4 is 40.1 Å². The van der Waals surface area contributed by atoms with Crippen molar-refractivity contribution in [2.45, 2.75) is 32.2 Å². The van der Waals surface area contributed by atoms with Crippen LogP contribution in [0.5, 0.6) is 0 Å². The van der Waals surface area contributed by atoms with Gasteiger partial charge in [-0.2, -0.15) is 0 Å². The zero-order valence-electron chi connectivity index (χ0n) is 11.5. The predicted molar refractivity (Wildman–Crippen MR) is 82.3 cm³/mol. The summed E-state index contributed by atoms with van der Waals surface area (Å²) in [7, 11) is 0. The van der Waals surface area contributed by atoms with E-state index in [-0.39, 0.29) is 11.3 Å². The molecule has 6 heteroatoms. The van der Waals surface area contributed by atoms with Crippen LogP contribution in [0.25, 0.3) is 11.0 Å². The first kappa shape index (κ1) is 15.1. The van der Waals surface area contributed by atoms with Gasteiger partial charge in [0.1, 0.15) is 5.82 Å². The van der Waals surface area contributed by atoms with E-state index in [9.17, 15) is 4.79 Å². The Balaban J connectivity index is 2.35. The average molecular weight is 314 g/mol. The highest BCUT2D eigenvalue weighted by molar-refractivity contribution is 6.31. The molecule has 0 saturated carbocycles. The number of imidazole rings is 1. The summed E-state index contributed by atoms with van der Waals surface area (Å²) in [4.78, 5) is 16.1. The maximum Gasteiger partial charge on any atom is 0.221 e. The van der Waals surface area contributed by atoms with Crippen molar-refractivity contribution < 1.29 is 4.79 Å². The van der Waals surface area contributed by atoms with Gasteiger partial charge in [-0.05, 0) is 32.0 Å². The molecule has 2 rings (SSSR count). The van der Waals surface area contributed by atoms with E-state index in [2.05, 4.69) is 10.3 Å². The van der Waals surface area contributed by atoms with Crippen LogP contribution in [0, 0.1) is 0 Å². The van der Waals surface area contributed by atoms with E-state index < -0.39 is 0 Å². The lowest BCUT2D eigenvalue weighted by molar-refractivity contribution is -0.121. The lowest BCUT2D eigenvalue weighted by atomic mass is 10.3. The molecule has 0 aliphatic carbocycles. The Kier molecular flexibility index (Phi) is 4.89. The average Bonchev–Trinajstić information content (AvgIpc) is 2.75. The van der Waals surface area contributed by atoms with Gasteiger partial charge in [0.05, 0.1) is 16.4 Å². The van der Waals surface area contributed by atoms with E-state index in [0.717, 1.165) is 16.9 Å². The summed E-state index contributed by atoms with van der Waals surface area (Å²) in [6.45, 7) is 4.94. The summed E-state index contributed by atoms with van der Waals surface area (Å²) < 4.78 is 1.97. The van der Waals surface area contributed by atoms with Gasteiger partial charge in [-0.15, -0.1) is 11.6 Å².